The van der Waals surface area contributed by atoms with Gasteiger partial charge in [0.1, 0.15) is 0 Å². The fourth-order valence-electron chi connectivity index (χ4n) is 2.64. The molecular formula is C14H14O4. The number of carbonyl (C=O) groups is 2. The second kappa shape index (κ2) is 4.12. The van der Waals surface area contributed by atoms with Crippen molar-refractivity contribution in [1.82, 2.24) is 0 Å². The van der Waals surface area contributed by atoms with Crippen molar-refractivity contribution in [2.45, 2.75) is 37.4 Å². The Hall–Kier alpha value is -1.84. The maximum absolute atomic E-state index is 12.0. The van der Waals surface area contributed by atoms with Crippen LogP contribution < -0.4 is 0 Å². The van der Waals surface area contributed by atoms with Crippen molar-refractivity contribution in [3.63, 3.8) is 0 Å². The minimum atomic E-state index is -0.973. The number of esters is 2. The standard InChI is InChI=1S/C14H14O4/c15-12-11(10-6-2-1-3-7-10)13(16)18-14(17-12)8-4-5-9-14/h1-3,6-7,11H,4-5,8-9H2. The molecule has 3 rings (SSSR count). The average Bonchev–Trinajstić information content (AvgIpc) is 2.77. The molecular weight excluding hydrogens is 232 g/mol. The highest BCUT2D eigenvalue weighted by Gasteiger charge is 2.50. The van der Waals surface area contributed by atoms with Gasteiger partial charge in [-0.15, -0.1) is 0 Å². The normalized spacial score (nSPS) is 22.9. The average molecular weight is 246 g/mol. The van der Waals surface area contributed by atoms with E-state index in [1.165, 1.54) is 0 Å². The number of rotatable bonds is 1. The number of benzene rings is 1. The highest BCUT2D eigenvalue weighted by atomic mass is 16.7. The smallest absolute Gasteiger partial charge is 0.328 e. The summed E-state index contributed by atoms with van der Waals surface area (Å²) in [6.45, 7) is 0. The SMILES string of the molecule is O=C1OC2(CCCC2)OC(=O)C1c1ccccc1. The molecule has 0 unspecified atom stereocenters. The molecule has 1 heterocycles. The van der Waals surface area contributed by atoms with Gasteiger partial charge in [0.2, 0.25) is 0 Å². The van der Waals surface area contributed by atoms with Crippen LogP contribution in [0.1, 0.15) is 37.2 Å². The fraction of sp³-hybridized carbons (Fsp3) is 0.429. The van der Waals surface area contributed by atoms with E-state index < -0.39 is 23.6 Å². The summed E-state index contributed by atoms with van der Waals surface area (Å²) in [4.78, 5) is 24.1. The molecule has 1 aliphatic carbocycles. The molecule has 0 aromatic heterocycles. The van der Waals surface area contributed by atoms with E-state index in [-0.39, 0.29) is 0 Å². The van der Waals surface area contributed by atoms with Crippen LogP contribution >= 0.6 is 0 Å². The van der Waals surface area contributed by atoms with Crippen LogP contribution in [0.2, 0.25) is 0 Å². The Morgan fingerprint density at radius 3 is 2.06 bits per heavy atom. The molecule has 4 nitrogen and oxygen atoms in total. The van der Waals surface area contributed by atoms with Crippen LogP contribution in [0.15, 0.2) is 30.3 Å². The second-order valence-corrected chi connectivity index (χ2v) is 4.80. The third-order valence-electron chi connectivity index (χ3n) is 3.54. The molecule has 1 aromatic rings. The van der Waals surface area contributed by atoms with E-state index in [9.17, 15) is 9.59 Å². The zero-order chi connectivity index (χ0) is 12.6. The summed E-state index contributed by atoms with van der Waals surface area (Å²) < 4.78 is 10.8. The van der Waals surface area contributed by atoms with Crippen LogP contribution in [-0.2, 0) is 19.1 Å². The van der Waals surface area contributed by atoms with Crippen LogP contribution in [0, 0.1) is 0 Å². The summed E-state index contributed by atoms with van der Waals surface area (Å²) in [6.07, 6.45) is 3.09. The molecule has 94 valence electrons. The van der Waals surface area contributed by atoms with Crippen LogP contribution in [0.5, 0.6) is 0 Å². The summed E-state index contributed by atoms with van der Waals surface area (Å²) in [5, 5.41) is 0. The molecule has 1 spiro atoms. The Labute approximate surface area is 105 Å². The lowest BCUT2D eigenvalue weighted by molar-refractivity contribution is -0.244. The van der Waals surface area contributed by atoms with Gasteiger partial charge in [-0.05, 0) is 18.4 Å². The quantitative estimate of drug-likeness (QED) is 0.562. The van der Waals surface area contributed by atoms with Gasteiger partial charge < -0.3 is 9.47 Å². The van der Waals surface area contributed by atoms with Crippen LogP contribution in [0.4, 0.5) is 0 Å². The highest BCUT2D eigenvalue weighted by Crippen LogP contribution is 2.40. The molecule has 0 amide bonds. The Balaban J connectivity index is 1.87. The molecule has 0 atom stereocenters. The maximum Gasteiger partial charge on any atom is 0.328 e. The number of ether oxygens (including phenoxy) is 2. The van der Waals surface area contributed by atoms with Crippen molar-refractivity contribution >= 4 is 11.9 Å². The summed E-state index contributed by atoms with van der Waals surface area (Å²) >= 11 is 0. The molecule has 1 aromatic carbocycles. The van der Waals surface area contributed by atoms with Crippen LogP contribution in [-0.4, -0.2) is 17.7 Å². The summed E-state index contributed by atoms with van der Waals surface area (Å²) in [5.74, 6) is -2.88. The molecule has 1 aliphatic heterocycles. The Kier molecular flexibility index (Phi) is 2.58. The molecule has 1 saturated heterocycles. The first-order valence-electron chi connectivity index (χ1n) is 6.21. The number of hydrogen-bond donors (Lipinski definition) is 0. The van der Waals surface area contributed by atoms with Crippen molar-refractivity contribution in [1.29, 1.82) is 0 Å². The predicted octanol–water partition coefficient (Wildman–Crippen LogP) is 2.14. The van der Waals surface area contributed by atoms with E-state index in [0.717, 1.165) is 12.8 Å². The van der Waals surface area contributed by atoms with Gasteiger partial charge in [0.05, 0.1) is 0 Å². The second-order valence-electron chi connectivity index (χ2n) is 4.80. The van der Waals surface area contributed by atoms with E-state index in [1.54, 1.807) is 24.3 Å². The van der Waals surface area contributed by atoms with E-state index in [0.29, 0.717) is 18.4 Å². The minimum absolute atomic E-state index is 0.487. The van der Waals surface area contributed by atoms with Gasteiger partial charge in [-0.1, -0.05) is 30.3 Å². The fourth-order valence-corrected chi connectivity index (χ4v) is 2.64. The Bertz CT molecular complexity index is 454. The van der Waals surface area contributed by atoms with Gasteiger partial charge in [0, 0.05) is 12.8 Å². The van der Waals surface area contributed by atoms with Gasteiger partial charge in [0.15, 0.2) is 5.92 Å². The first kappa shape index (κ1) is 11.3. The monoisotopic (exact) mass is 246 g/mol. The van der Waals surface area contributed by atoms with E-state index in [1.807, 2.05) is 6.07 Å². The van der Waals surface area contributed by atoms with E-state index in [2.05, 4.69) is 0 Å². The Morgan fingerprint density at radius 2 is 1.50 bits per heavy atom. The summed E-state index contributed by atoms with van der Waals surface area (Å²) in [7, 11) is 0. The van der Waals surface area contributed by atoms with Gasteiger partial charge in [-0.3, -0.25) is 9.59 Å². The molecule has 0 N–H and O–H groups in total. The zero-order valence-corrected chi connectivity index (χ0v) is 9.93. The summed E-state index contributed by atoms with van der Waals surface area (Å²) in [6, 6.07) is 8.88. The zero-order valence-electron chi connectivity index (χ0n) is 9.93. The topological polar surface area (TPSA) is 52.6 Å². The van der Waals surface area contributed by atoms with Crippen molar-refractivity contribution in [2.24, 2.45) is 0 Å². The van der Waals surface area contributed by atoms with E-state index in [4.69, 9.17) is 9.47 Å². The molecule has 2 aliphatic rings. The number of hydrogen-bond acceptors (Lipinski definition) is 4. The molecule has 1 saturated carbocycles. The lowest BCUT2D eigenvalue weighted by Crippen LogP contribution is -2.47. The lowest BCUT2D eigenvalue weighted by atomic mass is 9.98. The largest absolute Gasteiger partial charge is 0.422 e. The van der Waals surface area contributed by atoms with Gasteiger partial charge in [-0.2, -0.15) is 0 Å². The molecule has 18 heavy (non-hydrogen) atoms. The molecule has 4 heteroatoms. The maximum atomic E-state index is 12.0. The molecule has 0 radical (unpaired) electrons. The molecule has 0 bridgehead atoms. The summed E-state index contributed by atoms with van der Waals surface area (Å²) in [5.41, 5.74) is 0.625. The van der Waals surface area contributed by atoms with Crippen LogP contribution in [0.3, 0.4) is 0 Å². The van der Waals surface area contributed by atoms with Crippen molar-refractivity contribution in [3.8, 4) is 0 Å². The van der Waals surface area contributed by atoms with E-state index >= 15 is 0 Å². The predicted molar refractivity (Wildman–Crippen MR) is 62.6 cm³/mol. The highest BCUT2D eigenvalue weighted by molar-refractivity contribution is 6.02. The lowest BCUT2D eigenvalue weighted by Gasteiger charge is -2.35. The first-order valence-corrected chi connectivity index (χ1v) is 6.21. The van der Waals surface area contributed by atoms with Crippen molar-refractivity contribution in [2.75, 3.05) is 0 Å². The molecule has 2 fully saturated rings. The third-order valence-corrected chi connectivity index (χ3v) is 3.54. The van der Waals surface area contributed by atoms with Gasteiger partial charge in [0.25, 0.3) is 5.79 Å². The minimum Gasteiger partial charge on any atom is -0.422 e. The Morgan fingerprint density at radius 1 is 0.944 bits per heavy atom. The third kappa shape index (κ3) is 1.78. The van der Waals surface area contributed by atoms with Gasteiger partial charge >= 0.3 is 11.9 Å². The van der Waals surface area contributed by atoms with Crippen LogP contribution in [0.25, 0.3) is 0 Å². The number of carbonyl (C=O) groups excluding carboxylic acids is 2. The van der Waals surface area contributed by atoms with Gasteiger partial charge in [-0.25, -0.2) is 0 Å². The first-order chi connectivity index (χ1) is 8.70. The van der Waals surface area contributed by atoms with Crippen molar-refractivity contribution in [3.05, 3.63) is 35.9 Å². The van der Waals surface area contributed by atoms with Crippen molar-refractivity contribution < 1.29 is 19.1 Å².